The fourth-order valence-electron chi connectivity index (χ4n) is 2.43. The molecule has 1 aliphatic heterocycles. The monoisotopic (exact) mass is 290 g/mol. The maximum absolute atomic E-state index is 12.6. The molecule has 1 amide bonds. The van der Waals surface area contributed by atoms with E-state index in [4.69, 9.17) is 9.47 Å². The average molecular weight is 290 g/mol. The number of benzene rings is 1. The largest absolute Gasteiger partial charge is 0.497 e. The summed E-state index contributed by atoms with van der Waals surface area (Å²) in [5.41, 5.74) is 0.600. The zero-order valence-corrected chi connectivity index (χ0v) is 12.7. The molecule has 2 rings (SSSR count). The second-order valence-electron chi connectivity index (χ2n) is 4.98. The lowest BCUT2D eigenvalue weighted by Gasteiger charge is -2.34. The van der Waals surface area contributed by atoms with Gasteiger partial charge in [-0.3, -0.25) is 9.69 Å². The molecular formula is C16H22N2O3. The van der Waals surface area contributed by atoms with Gasteiger partial charge in [-0.2, -0.15) is 0 Å². The van der Waals surface area contributed by atoms with Crippen LogP contribution in [0.5, 0.6) is 11.5 Å². The summed E-state index contributed by atoms with van der Waals surface area (Å²) in [4.78, 5) is 16.7. The van der Waals surface area contributed by atoms with E-state index in [1.54, 1.807) is 32.4 Å². The maximum Gasteiger partial charge on any atom is 0.254 e. The minimum absolute atomic E-state index is 0.0189. The molecule has 0 aliphatic carbocycles. The van der Waals surface area contributed by atoms with Crippen molar-refractivity contribution >= 4 is 5.91 Å². The Hall–Kier alpha value is -2.01. The molecule has 1 fully saturated rings. The van der Waals surface area contributed by atoms with E-state index >= 15 is 0 Å². The Bertz CT molecular complexity index is 486. The maximum atomic E-state index is 12.6. The standard InChI is InChI=1S/C16H22N2O3/c1-4-5-17-6-8-18(9-7-17)16(19)13-10-14(20-2)12-15(11-13)21-3/h4,10-12H,1,5-9H2,2-3H3. The van der Waals surface area contributed by atoms with Crippen LogP contribution in [0.1, 0.15) is 10.4 Å². The second kappa shape index (κ2) is 7.13. The Kier molecular flexibility index (Phi) is 5.22. The van der Waals surface area contributed by atoms with E-state index < -0.39 is 0 Å². The van der Waals surface area contributed by atoms with Crippen molar-refractivity contribution in [2.75, 3.05) is 46.9 Å². The van der Waals surface area contributed by atoms with Crippen molar-refractivity contribution in [3.63, 3.8) is 0 Å². The van der Waals surface area contributed by atoms with Gasteiger partial charge in [-0.1, -0.05) is 6.08 Å². The molecule has 0 saturated carbocycles. The molecule has 1 aromatic rings. The lowest BCUT2D eigenvalue weighted by molar-refractivity contribution is 0.0649. The summed E-state index contributed by atoms with van der Waals surface area (Å²) >= 11 is 0. The van der Waals surface area contributed by atoms with Crippen molar-refractivity contribution in [3.8, 4) is 11.5 Å². The second-order valence-corrected chi connectivity index (χ2v) is 4.98. The van der Waals surface area contributed by atoms with Gasteiger partial charge in [-0.05, 0) is 12.1 Å². The fourth-order valence-corrected chi connectivity index (χ4v) is 2.43. The van der Waals surface area contributed by atoms with Crippen LogP contribution in [-0.4, -0.2) is 62.7 Å². The van der Waals surface area contributed by atoms with E-state index in [-0.39, 0.29) is 5.91 Å². The van der Waals surface area contributed by atoms with Gasteiger partial charge in [0.25, 0.3) is 5.91 Å². The summed E-state index contributed by atoms with van der Waals surface area (Å²) in [5, 5.41) is 0. The van der Waals surface area contributed by atoms with Crippen LogP contribution in [0.3, 0.4) is 0 Å². The fraction of sp³-hybridized carbons (Fsp3) is 0.438. The number of amides is 1. The first-order chi connectivity index (χ1) is 10.2. The van der Waals surface area contributed by atoms with Gasteiger partial charge in [0, 0.05) is 44.4 Å². The molecule has 1 aliphatic rings. The van der Waals surface area contributed by atoms with E-state index in [2.05, 4.69) is 11.5 Å². The number of piperazine rings is 1. The van der Waals surface area contributed by atoms with Gasteiger partial charge in [0.05, 0.1) is 14.2 Å². The normalized spacial score (nSPS) is 15.6. The van der Waals surface area contributed by atoms with Crippen molar-refractivity contribution in [3.05, 3.63) is 36.4 Å². The molecule has 0 N–H and O–H groups in total. The molecule has 1 heterocycles. The molecule has 1 saturated heterocycles. The van der Waals surface area contributed by atoms with Gasteiger partial charge < -0.3 is 14.4 Å². The summed E-state index contributed by atoms with van der Waals surface area (Å²) < 4.78 is 10.4. The third kappa shape index (κ3) is 3.76. The van der Waals surface area contributed by atoms with Gasteiger partial charge in [0.2, 0.25) is 0 Å². The van der Waals surface area contributed by atoms with Crippen LogP contribution in [0, 0.1) is 0 Å². The number of hydrogen-bond donors (Lipinski definition) is 0. The molecule has 0 radical (unpaired) electrons. The minimum Gasteiger partial charge on any atom is -0.497 e. The Balaban J connectivity index is 2.08. The van der Waals surface area contributed by atoms with E-state index in [9.17, 15) is 4.79 Å². The van der Waals surface area contributed by atoms with Gasteiger partial charge in [-0.25, -0.2) is 0 Å². The number of rotatable bonds is 5. The van der Waals surface area contributed by atoms with Crippen molar-refractivity contribution in [2.45, 2.75) is 0 Å². The quantitative estimate of drug-likeness (QED) is 0.773. The molecule has 0 atom stereocenters. The van der Waals surface area contributed by atoms with Gasteiger partial charge in [0.15, 0.2) is 0 Å². The third-order valence-electron chi connectivity index (χ3n) is 3.65. The Morgan fingerprint density at radius 3 is 2.19 bits per heavy atom. The van der Waals surface area contributed by atoms with Gasteiger partial charge in [0.1, 0.15) is 11.5 Å². The van der Waals surface area contributed by atoms with Crippen molar-refractivity contribution in [2.24, 2.45) is 0 Å². The summed E-state index contributed by atoms with van der Waals surface area (Å²) in [7, 11) is 3.16. The lowest BCUT2D eigenvalue weighted by atomic mass is 10.1. The predicted molar refractivity (Wildman–Crippen MR) is 82.1 cm³/mol. The first-order valence-electron chi connectivity index (χ1n) is 7.03. The summed E-state index contributed by atoms with van der Waals surface area (Å²) in [6.45, 7) is 7.82. The predicted octanol–water partition coefficient (Wildman–Crippen LogP) is 1.65. The zero-order chi connectivity index (χ0) is 15.2. The number of carbonyl (C=O) groups excluding carboxylic acids is 1. The van der Waals surface area contributed by atoms with Crippen molar-refractivity contribution in [1.82, 2.24) is 9.80 Å². The summed E-state index contributed by atoms with van der Waals surface area (Å²) in [6.07, 6.45) is 1.89. The Morgan fingerprint density at radius 2 is 1.71 bits per heavy atom. The molecule has 5 heteroatoms. The molecule has 0 bridgehead atoms. The SMILES string of the molecule is C=CCN1CCN(C(=O)c2cc(OC)cc(OC)c2)CC1. The van der Waals surface area contributed by atoms with Crippen molar-refractivity contribution in [1.29, 1.82) is 0 Å². The highest BCUT2D eigenvalue weighted by molar-refractivity contribution is 5.95. The number of methoxy groups -OCH3 is 2. The zero-order valence-electron chi connectivity index (χ0n) is 12.7. The number of nitrogens with zero attached hydrogens (tertiary/aromatic N) is 2. The number of hydrogen-bond acceptors (Lipinski definition) is 4. The average Bonchev–Trinajstić information content (AvgIpc) is 2.54. The highest BCUT2D eigenvalue weighted by Crippen LogP contribution is 2.23. The molecule has 0 spiro atoms. The Morgan fingerprint density at radius 1 is 1.14 bits per heavy atom. The smallest absolute Gasteiger partial charge is 0.254 e. The van der Waals surface area contributed by atoms with E-state index in [1.807, 2.05) is 11.0 Å². The Labute approximate surface area is 125 Å². The minimum atomic E-state index is 0.0189. The first-order valence-corrected chi connectivity index (χ1v) is 7.03. The highest BCUT2D eigenvalue weighted by Gasteiger charge is 2.22. The molecule has 1 aromatic carbocycles. The molecule has 114 valence electrons. The van der Waals surface area contributed by atoms with Crippen LogP contribution in [0.2, 0.25) is 0 Å². The third-order valence-corrected chi connectivity index (χ3v) is 3.65. The van der Waals surface area contributed by atoms with E-state index in [1.165, 1.54) is 0 Å². The van der Waals surface area contributed by atoms with Crippen molar-refractivity contribution < 1.29 is 14.3 Å². The molecule has 21 heavy (non-hydrogen) atoms. The van der Waals surface area contributed by atoms with Gasteiger partial charge in [-0.15, -0.1) is 6.58 Å². The highest BCUT2D eigenvalue weighted by atomic mass is 16.5. The number of ether oxygens (including phenoxy) is 2. The van der Waals surface area contributed by atoms with Crippen LogP contribution < -0.4 is 9.47 Å². The molecular weight excluding hydrogens is 268 g/mol. The first kappa shape index (κ1) is 15.4. The van der Waals surface area contributed by atoms with Crippen LogP contribution in [0.15, 0.2) is 30.9 Å². The summed E-state index contributed by atoms with van der Waals surface area (Å²) in [6, 6.07) is 5.26. The van der Waals surface area contributed by atoms with Crippen LogP contribution in [0.25, 0.3) is 0 Å². The van der Waals surface area contributed by atoms with Crippen LogP contribution >= 0.6 is 0 Å². The van der Waals surface area contributed by atoms with E-state index in [0.29, 0.717) is 17.1 Å². The topological polar surface area (TPSA) is 42.0 Å². The molecule has 0 unspecified atom stereocenters. The molecule has 0 aromatic heterocycles. The van der Waals surface area contributed by atoms with E-state index in [0.717, 1.165) is 32.7 Å². The van der Waals surface area contributed by atoms with Crippen LogP contribution in [-0.2, 0) is 0 Å². The van der Waals surface area contributed by atoms with Crippen LogP contribution in [0.4, 0.5) is 0 Å². The number of carbonyl (C=O) groups is 1. The van der Waals surface area contributed by atoms with Gasteiger partial charge >= 0.3 is 0 Å². The summed E-state index contributed by atoms with van der Waals surface area (Å²) in [5.74, 6) is 1.27. The molecule has 5 nitrogen and oxygen atoms in total. The lowest BCUT2D eigenvalue weighted by Crippen LogP contribution is -2.48.